The molecule has 0 aliphatic carbocycles. The Balaban J connectivity index is 1.70. The van der Waals surface area contributed by atoms with Gasteiger partial charge in [0, 0.05) is 23.2 Å². The van der Waals surface area contributed by atoms with Crippen LogP contribution in [0.5, 0.6) is 0 Å². The summed E-state index contributed by atoms with van der Waals surface area (Å²) in [5.41, 5.74) is 0.150. The number of amides is 1. The van der Waals surface area contributed by atoms with E-state index < -0.39 is 28.3 Å². The standard InChI is InChI=1S/C21H18FN5O3S3/c1-2-31-21-26-25-20(32-21)24-19(28)13-27(16-8-6-15(22)7-9-16)33(29,30)18-5-3-4-14-12-23-11-10-17(14)18/h3-12H,2,13H2,1H3,(H,24,25,28). The number of nitrogens with zero attached hydrogens (tertiary/aromatic N) is 4. The highest BCUT2D eigenvalue weighted by atomic mass is 32.2. The van der Waals surface area contributed by atoms with Gasteiger partial charge < -0.3 is 0 Å². The van der Waals surface area contributed by atoms with Gasteiger partial charge in [-0.05, 0) is 42.2 Å². The predicted molar refractivity (Wildman–Crippen MR) is 128 cm³/mol. The maximum absolute atomic E-state index is 13.7. The van der Waals surface area contributed by atoms with E-state index in [1.54, 1.807) is 24.4 Å². The van der Waals surface area contributed by atoms with E-state index in [9.17, 15) is 17.6 Å². The number of carbonyl (C=O) groups is 1. The highest BCUT2D eigenvalue weighted by molar-refractivity contribution is 8.01. The molecule has 0 fully saturated rings. The molecule has 0 radical (unpaired) electrons. The molecule has 1 N–H and O–H groups in total. The first kappa shape index (κ1) is 23.1. The number of carbonyl (C=O) groups excluding carboxylic acids is 1. The minimum atomic E-state index is -4.20. The van der Waals surface area contributed by atoms with E-state index in [0.717, 1.165) is 22.2 Å². The average molecular weight is 504 g/mol. The summed E-state index contributed by atoms with van der Waals surface area (Å²) < 4.78 is 42.6. The molecule has 170 valence electrons. The number of sulfonamides is 1. The molecule has 8 nitrogen and oxygen atoms in total. The molecule has 0 aliphatic heterocycles. The summed E-state index contributed by atoms with van der Waals surface area (Å²) in [7, 11) is -4.20. The van der Waals surface area contributed by atoms with E-state index in [0.29, 0.717) is 15.1 Å². The van der Waals surface area contributed by atoms with Crippen molar-refractivity contribution in [3.05, 3.63) is 66.7 Å². The summed E-state index contributed by atoms with van der Waals surface area (Å²) in [4.78, 5) is 16.8. The van der Waals surface area contributed by atoms with Crippen molar-refractivity contribution in [3.63, 3.8) is 0 Å². The number of aromatic nitrogens is 3. The highest BCUT2D eigenvalue weighted by Crippen LogP contribution is 2.29. The molecule has 2 aromatic carbocycles. The van der Waals surface area contributed by atoms with Crippen LogP contribution in [0.2, 0.25) is 0 Å². The van der Waals surface area contributed by atoms with E-state index in [2.05, 4.69) is 20.5 Å². The average Bonchev–Trinajstić information content (AvgIpc) is 3.24. The molecule has 0 aliphatic rings. The molecule has 2 aromatic heterocycles. The molecule has 12 heteroatoms. The van der Waals surface area contributed by atoms with Crippen molar-refractivity contribution in [2.75, 3.05) is 21.9 Å². The Bertz CT molecular complexity index is 1390. The second kappa shape index (κ2) is 9.81. The number of hydrogen-bond donors (Lipinski definition) is 1. The molecule has 1 amide bonds. The van der Waals surface area contributed by atoms with Gasteiger partial charge in [-0.25, -0.2) is 12.8 Å². The number of anilines is 2. The first-order valence-corrected chi connectivity index (χ1v) is 13.0. The number of pyridine rings is 1. The first-order valence-electron chi connectivity index (χ1n) is 9.75. The summed E-state index contributed by atoms with van der Waals surface area (Å²) in [6.07, 6.45) is 3.06. The summed E-state index contributed by atoms with van der Waals surface area (Å²) in [6.45, 7) is 1.43. The van der Waals surface area contributed by atoms with Crippen LogP contribution in [0, 0.1) is 5.82 Å². The fourth-order valence-electron chi connectivity index (χ4n) is 3.09. The summed E-state index contributed by atoms with van der Waals surface area (Å²) in [5, 5.41) is 11.9. The number of thioether (sulfide) groups is 1. The highest BCUT2D eigenvalue weighted by Gasteiger charge is 2.29. The number of hydrogen-bond acceptors (Lipinski definition) is 8. The van der Waals surface area contributed by atoms with Crippen molar-refractivity contribution >= 4 is 60.6 Å². The van der Waals surface area contributed by atoms with Crippen LogP contribution in [-0.4, -0.2) is 41.8 Å². The Kier molecular flexibility index (Phi) is 6.86. The van der Waals surface area contributed by atoms with Gasteiger partial charge in [-0.2, -0.15) is 0 Å². The lowest BCUT2D eigenvalue weighted by Gasteiger charge is -2.24. The Morgan fingerprint density at radius 3 is 2.70 bits per heavy atom. The SMILES string of the molecule is CCSc1nnc(NC(=O)CN(c2ccc(F)cc2)S(=O)(=O)c2cccc3cnccc23)s1. The normalized spacial score (nSPS) is 11.5. The maximum atomic E-state index is 13.7. The van der Waals surface area contributed by atoms with E-state index in [4.69, 9.17) is 0 Å². The lowest BCUT2D eigenvalue weighted by Crippen LogP contribution is -2.38. The summed E-state index contributed by atoms with van der Waals surface area (Å²) >= 11 is 2.69. The predicted octanol–water partition coefficient (Wildman–Crippen LogP) is 4.17. The van der Waals surface area contributed by atoms with Crippen LogP contribution in [0.3, 0.4) is 0 Å². The molecular formula is C21H18FN5O3S3. The van der Waals surface area contributed by atoms with E-state index in [1.807, 2.05) is 6.92 Å². The molecule has 0 saturated heterocycles. The molecule has 4 rings (SSSR count). The molecule has 4 aromatic rings. The van der Waals surface area contributed by atoms with Gasteiger partial charge >= 0.3 is 0 Å². The zero-order chi connectivity index (χ0) is 23.4. The molecule has 0 unspecified atom stereocenters. The number of halogens is 1. The molecule has 2 heterocycles. The third kappa shape index (κ3) is 5.13. The van der Waals surface area contributed by atoms with Gasteiger partial charge in [0.1, 0.15) is 12.4 Å². The van der Waals surface area contributed by atoms with Crippen LogP contribution in [0.15, 0.2) is 70.2 Å². The van der Waals surface area contributed by atoms with Crippen LogP contribution < -0.4 is 9.62 Å². The Hall–Kier alpha value is -3.09. The quantitative estimate of drug-likeness (QED) is 0.284. The minimum Gasteiger partial charge on any atom is -0.299 e. The van der Waals surface area contributed by atoms with Crippen LogP contribution in [-0.2, 0) is 14.8 Å². The van der Waals surface area contributed by atoms with Gasteiger partial charge in [0.2, 0.25) is 11.0 Å². The number of nitrogens with one attached hydrogen (secondary N) is 1. The second-order valence-electron chi connectivity index (χ2n) is 6.70. The largest absolute Gasteiger partial charge is 0.299 e. The molecule has 0 atom stereocenters. The first-order chi connectivity index (χ1) is 15.9. The van der Waals surface area contributed by atoms with Crippen LogP contribution >= 0.6 is 23.1 Å². The Labute approximate surface area is 197 Å². The van der Waals surface area contributed by atoms with E-state index >= 15 is 0 Å². The summed E-state index contributed by atoms with van der Waals surface area (Å²) in [5.74, 6) is -0.319. The van der Waals surface area contributed by atoms with E-state index in [-0.39, 0.29) is 15.7 Å². The van der Waals surface area contributed by atoms with Crippen molar-refractivity contribution in [2.45, 2.75) is 16.2 Å². The summed E-state index contributed by atoms with van der Waals surface area (Å²) in [6, 6.07) is 11.3. The monoisotopic (exact) mass is 503 g/mol. The Morgan fingerprint density at radius 1 is 1.15 bits per heavy atom. The van der Waals surface area contributed by atoms with Gasteiger partial charge in [0.25, 0.3) is 10.0 Å². The molecular weight excluding hydrogens is 485 g/mol. The number of rotatable bonds is 8. The fraction of sp³-hybridized carbons (Fsp3) is 0.143. The van der Waals surface area contributed by atoms with Crippen molar-refractivity contribution in [3.8, 4) is 0 Å². The Morgan fingerprint density at radius 2 is 1.94 bits per heavy atom. The van der Waals surface area contributed by atoms with Gasteiger partial charge in [-0.3, -0.25) is 19.4 Å². The minimum absolute atomic E-state index is 0.0112. The third-order valence-electron chi connectivity index (χ3n) is 4.53. The van der Waals surface area contributed by atoms with Gasteiger partial charge in [-0.15, -0.1) is 10.2 Å². The van der Waals surface area contributed by atoms with Crippen molar-refractivity contribution in [1.29, 1.82) is 0 Å². The second-order valence-corrected chi connectivity index (χ2v) is 11.0. The zero-order valence-corrected chi connectivity index (χ0v) is 19.8. The van der Waals surface area contributed by atoms with Gasteiger partial charge in [0.05, 0.1) is 10.6 Å². The molecule has 0 bridgehead atoms. The fourth-order valence-corrected chi connectivity index (χ4v) is 6.39. The number of fused-ring (bicyclic) bond motifs is 1. The molecule has 0 saturated carbocycles. The van der Waals surface area contributed by atoms with Crippen LogP contribution in [0.1, 0.15) is 6.92 Å². The smallest absolute Gasteiger partial charge is 0.265 e. The van der Waals surface area contributed by atoms with Crippen LogP contribution in [0.25, 0.3) is 10.8 Å². The third-order valence-corrected chi connectivity index (χ3v) is 8.22. The topological polar surface area (TPSA) is 105 Å². The van der Waals surface area contributed by atoms with Crippen molar-refractivity contribution in [1.82, 2.24) is 15.2 Å². The molecule has 33 heavy (non-hydrogen) atoms. The molecule has 0 spiro atoms. The lowest BCUT2D eigenvalue weighted by molar-refractivity contribution is -0.114. The van der Waals surface area contributed by atoms with E-state index in [1.165, 1.54) is 47.5 Å². The van der Waals surface area contributed by atoms with Crippen LogP contribution in [0.4, 0.5) is 15.2 Å². The zero-order valence-electron chi connectivity index (χ0n) is 17.3. The number of benzene rings is 2. The lowest BCUT2D eigenvalue weighted by atomic mass is 10.2. The van der Waals surface area contributed by atoms with Crippen molar-refractivity contribution in [2.24, 2.45) is 0 Å². The van der Waals surface area contributed by atoms with Gasteiger partial charge in [-0.1, -0.05) is 42.2 Å². The van der Waals surface area contributed by atoms with Gasteiger partial charge in [0.15, 0.2) is 4.34 Å². The van der Waals surface area contributed by atoms with Crippen molar-refractivity contribution < 1.29 is 17.6 Å². The maximum Gasteiger partial charge on any atom is 0.265 e.